The number of hydrogen-bond donors (Lipinski definition) is 3. The highest BCUT2D eigenvalue weighted by Crippen LogP contribution is 2.59. The van der Waals surface area contributed by atoms with Crippen molar-refractivity contribution in [2.45, 2.75) is 51.0 Å². The molecule has 1 saturated carbocycles. The maximum atomic E-state index is 13.0. The van der Waals surface area contributed by atoms with Crippen LogP contribution >= 0.6 is 0 Å². The van der Waals surface area contributed by atoms with Crippen LogP contribution in [0.25, 0.3) is 10.9 Å². The van der Waals surface area contributed by atoms with Crippen molar-refractivity contribution in [3.05, 3.63) is 23.4 Å². The van der Waals surface area contributed by atoms with E-state index in [1.807, 2.05) is 0 Å². The standard InChI is InChI=1S/C19H22N2O3/c1-19-4-2-3-9-12(20)5-11-10-6-14(22)15(23)7-13(10)21(16(24)8-19)18(11)17(9)19/h6-7,9,12,17,22-23H,2-5,8,20H2,1H3/t9-,12+,17-,19+/m0/s1. The van der Waals surface area contributed by atoms with Gasteiger partial charge in [0.1, 0.15) is 0 Å². The SMILES string of the molecule is C[C@@]12CCC[C@H]3[C@H](N)Cc4c(n(c5cc(O)c(O)cc45)C(=O)C1)[C@H]32. The Morgan fingerprint density at radius 2 is 2.04 bits per heavy atom. The van der Waals surface area contributed by atoms with Gasteiger partial charge in [-0.15, -0.1) is 0 Å². The number of nitrogens with zero attached hydrogens (tertiary/aromatic N) is 1. The van der Waals surface area contributed by atoms with Gasteiger partial charge in [0.25, 0.3) is 0 Å². The molecule has 1 aromatic heterocycles. The van der Waals surface area contributed by atoms with Gasteiger partial charge in [-0.25, -0.2) is 0 Å². The molecule has 0 saturated heterocycles. The zero-order chi connectivity index (χ0) is 16.8. The molecule has 4 atom stereocenters. The van der Waals surface area contributed by atoms with E-state index in [9.17, 15) is 15.0 Å². The van der Waals surface area contributed by atoms with Gasteiger partial charge in [-0.1, -0.05) is 13.3 Å². The van der Waals surface area contributed by atoms with E-state index in [2.05, 4.69) is 6.92 Å². The third kappa shape index (κ3) is 1.56. The third-order valence-electron chi connectivity index (χ3n) is 6.76. The van der Waals surface area contributed by atoms with Crippen molar-refractivity contribution in [3.63, 3.8) is 0 Å². The second-order valence-corrected chi connectivity index (χ2v) is 8.18. The fourth-order valence-corrected chi connectivity index (χ4v) is 5.79. The number of aromatic hydroxyl groups is 2. The molecule has 1 aromatic carbocycles. The molecule has 1 aliphatic heterocycles. The summed E-state index contributed by atoms with van der Waals surface area (Å²) in [6.45, 7) is 2.24. The van der Waals surface area contributed by atoms with Gasteiger partial charge in [0.05, 0.1) is 5.52 Å². The Labute approximate surface area is 140 Å². The number of carbonyl (C=O) groups excluding carboxylic acids is 1. The van der Waals surface area contributed by atoms with Crippen molar-refractivity contribution in [2.75, 3.05) is 0 Å². The predicted molar refractivity (Wildman–Crippen MR) is 90.4 cm³/mol. The van der Waals surface area contributed by atoms with Gasteiger partial charge in [-0.2, -0.15) is 0 Å². The Morgan fingerprint density at radius 1 is 1.29 bits per heavy atom. The fraction of sp³-hybridized carbons (Fsp3) is 0.526. The minimum absolute atomic E-state index is 0.0265. The van der Waals surface area contributed by atoms with Crippen molar-refractivity contribution in [1.82, 2.24) is 4.57 Å². The highest BCUT2D eigenvalue weighted by Gasteiger charge is 2.54. The van der Waals surface area contributed by atoms with Gasteiger partial charge in [0, 0.05) is 35.5 Å². The summed E-state index contributed by atoms with van der Waals surface area (Å²) in [5.41, 5.74) is 9.42. The maximum Gasteiger partial charge on any atom is 0.231 e. The summed E-state index contributed by atoms with van der Waals surface area (Å²) in [6, 6.07) is 3.20. The molecule has 2 heterocycles. The number of hydrogen-bond acceptors (Lipinski definition) is 4. The Balaban J connectivity index is 1.90. The first-order valence-electron chi connectivity index (χ1n) is 8.78. The number of phenolic OH excluding ortho intramolecular Hbond substituents is 2. The zero-order valence-electron chi connectivity index (χ0n) is 13.7. The summed E-state index contributed by atoms with van der Waals surface area (Å²) in [5.74, 6) is 0.477. The average Bonchev–Trinajstić information content (AvgIpc) is 2.81. The van der Waals surface area contributed by atoms with Gasteiger partial charge >= 0.3 is 0 Å². The van der Waals surface area contributed by atoms with E-state index in [0.29, 0.717) is 23.8 Å². The first kappa shape index (κ1) is 14.3. The number of nitrogens with two attached hydrogens (primary N) is 1. The lowest BCUT2D eigenvalue weighted by Gasteiger charge is -2.53. The minimum atomic E-state index is -0.181. The lowest BCUT2D eigenvalue weighted by molar-refractivity contribution is 0.0449. The lowest BCUT2D eigenvalue weighted by Crippen LogP contribution is -2.52. The molecule has 24 heavy (non-hydrogen) atoms. The second-order valence-electron chi connectivity index (χ2n) is 8.18. The normalized spacial score (nSPS) is 34.4. The van der Waals surface area contributed by atoms with E-state index in [0.717, 1.165) is 42.3 Å². The van der Waals surface area contributed by atoms with Crippen LogP contribution in [0.15, 0.2) is 12.1 Å². The van der Waals surface area contributed by atoms with Crippen LogP contribution in [0, 0.1) is 11.3 Å². The molecule has 5 nitrogen and oxygen atoms in total. The van der Waals surface area contributed by atoms with E-state index in [-0.39, 0.29) is 28.9 Å². The van der Waals surface area contributed by atoms with Crippen LogP contribution in [0.4, 0.5) is 0 Å². The molecule has 5 heteroatoms. The predicted octanol–water partition coefficient (Wildman–Crippen LogP) is 2.87. The number of rotatable bonds is 0. The summed E-state index contributed by atoms with van der Waals surface area (Å²) in [6.07, 6.45) is 4.57. The van der Waals surface area contributed by atoms with Crippen LogP contribution in [0.3, 0.4) is 0 Å². The molecule has 0 amide bonds. The van der Waals surface area contributed by atoms with Gasteiger partial charge in [0.2, 0.25) is 5.91 Å². The fourth-order valence-electron chi connectivity index (χ4n) is 5.79. The van der Waals surface area contributed by atoms with Crippen LogP contribution in [0.1, 0.15) is 54.6 Å². The average molecular weight is 326 g/mol. The molecule has 5 rings (SSSR count). The van der Waals surface area contributed by atoms with Crippen molar-refractivity contribution in [1.29, 1.82) is 0 Å². The second kappa shape index (κ2) is 4.33. The summed E-state index contributed by atoms with van der Waals surface area (Å²) >= 11 is 0. The molecule has 0 bridgehead atoms. The quantitative estimate of drug-likeness (QED) is 0.650. The minimum Gasteiger partial charge on any atom is -0.504 e. The van der Waals surface area contributed by atoms with Gasteiger partial charge in [-0.3, -0.25) is 9.36 Å². The topological polar surface area (TPSA) is 88.5 Å². The Hall–Kier alpha value is -2.01. The van der Waals surface area contributed by atoms with Crippen molar-refractivity contribution in [2.24, 2.45) is 17.1 Å². The van der Waals surface area contributed by atoms with Crippen molar-refractivity contribution < 1.29 is 15.0 Å². The summed E-state index contributed by atoms with van der Waals surface area (Å²) in [4.78, 5) is 13.0. The number of phenols is 2. The molecular weight excluding hydrogens is 304 g/mol. The molecule has 2 aromatic rings. The Kier molecular flexibility index (Phi) is 2.59. The van der Waals surface area contributed by atoms with Crippen LogP contribution < -0.4 is 5.73 Å². The van der Waals surface area contributed by atoms with Gasteiger partial charge in [0.15, 0.2) is 11.5 Å². The van der Waals surface area contributed by atoms with Crippen LogP contribution in [0.5, 0.6) is 11.5 Å². The molecule has 0 radical (unpaired) electrons. The Bertz CT molecular complexity index is 900. The number of fused-ring (bicyclic) bond motifs is 3. The molecule has 1 fully saturated rings. The van der Waals surface area contributed by atoms with E-state index in [1.54, 1.807) is 10.6 Å². The van der Waals surface area contributed by atoms with Crippen LogP contribution in [0.2, 0.25) is 0 Å². The molecular formula is C19H22N2O3. The monoisotopic (exact) mass is 326 g/mol. The van der Waals surface area contributed by atoms with E-state index in [4.69, 9.17) is 5.73 Å². The first-order chi connectivity index (χ1) is 11.4. The smallest absolute Gasteiger partial charge is 0.231 e. The van der Waals surface area contributed by atoms with E-state index in [1.165, 1.54) is 6.07 Å². The lowest BCUT2D eigenvalue weighted by atomic mass is 9.54. The highest BCUT2D eigenvalue weighted by molar-refractivity contribution is 5.99. The maximum absolute atomic E-state index is 13.0. The molecule has 126 valence electrons. The summed E-state index contributed by atoms with van der Waals surface area (Å²) in [7, 11) is 0. The van der Waals surface area contributed by atoms with Crippen molar-refractivity contribution in [3.8, 4) is 11.5 Å². The summed E-state index contributed by atoms with van der Waals surface area (Å²) in [5, 5.41) is 20.7. The largest absolute Gasteiger partial charge is 0.504 e. The van der Waals surface area contributed by atoms with Crippen molar-refractivity contribution >= 4 is 16.8 Å². The van der Waals surface area contributed by atoms with Gasteiger partial charge < -0.3 is 15.9 Å². The van der Waals surface area contributed by atoms with E-state index < -0.39 is 0 Å². The third-order valence-corrected chi connectivity index (χ3v) is 6.76. The van der Waals surface area contributed by atoms with Crippen LogP contribution in [-0.4, -0.2) is 26.7 Å². The molecule has 3 aliphatic rings. The van der Waals surface area contributed by atoms with Gasteiger partial charge in [-0.05, 0) is 42.2 Å². The number of carbonyl (C=O) groups is 1. The number of aromatic nitrogens is 1. The molecule has 4 N–H and O–H groups in total. The summed E-state index contributed by atoms with van der Waals surface area (Å²) < 4.78 is 1.81. The molecule has 2 aliphatic carbocycles. The highest BCUT2D eigenvalue weighted by atomic mass is 16.3. The first-order valence-corrected chi connectivity index (χ1v) is 8.78. The van der Waals surface area contributed by atoms with Crippen LogP contribution in [-0.2, 0) is 6.42 Å². The zero-order valence-corrected chi connectivity index (χ0v) is 13.7. The Morgan fingerprint density at radius 3 is 2.83 bits per heavy atom. The van der Waals surface area contributed by atoms with E-state index >= 15 is 0 Å². The molecule has 0 spiro atoms. The number of benzene rings is 1. The molecule has 0 unspecified atom stereocenters.